The summed E-state index contributed by atoms with van der Waals surface area (Å²) in [7, 11) is 0. The summed E-state index contributed by atoms with van der Waals surface area (Å²) in [5, 5.41) is 2.20. The van der Waals surface area contributed by atoms with Gasteiger partial charge in [0.15, 0.2) is 5.43 Å². The minimum Gasteiger partial charge on any atom is -0.347 e. The van der Waals surface area contributed by atoms with Gasteiger partial charge in [-0.25, -0.2) is 4.98 Å². The monoisotopic (exact) mass is 261 g/mol. The van der Waals surface area contributed by atoms with Gasteiger partial charge in [-0.2, -0.15) is 0 Å². The molecule has 0 aliphatic heterocycles. The molecule has 0 saturated heterocycles. The number of para-hydroxylation sites is 1. The lowest BCUT2D eigenvalue weighted by Gasteiger charge is -2.05. The summed E-state index contributed by atoms with van der Waals surface area (Å²) in [6, 6.07) is 15.1. The van der Waals surface area contributed by atoms with Crippen LogP contribution in [-0.2, 0) is 0 Å². The molecular weight excluding hydrogens is 250 g/mol. The highest BCUT2D eigenvalue weighted by Gasteiger charge is 2.12. The van der Waals surface area contributed by atoms with Gasteiger partial charge in [0.05, 0.1) is 5.52 Å². The summed E-state index contributed by atoms with van der Waals surface area (Å²) in [5.74, 6) is 0.724. The average molecular weight is 261 g/mol. The number of aromatic amines is 1. The molecular formula is C16H11N3O. The smallest absolute Gasteiger partial charge is 0.183 e. The maximum atomic E-state index is 11.6. The van der Waals surface area contributed by atoms with Gasteiger partial charge in [0.2, 0.25) is 0 Å². The van der Waals surface area contributed by atoms with Crippen molar-refractivity contribution in [3.63, 3.8) is 0 Å². The van der Waals surface area contributed by atoms with Crippen LogP contribution >= 0.6 is 0 Å². The fourth-order valence-electron chi connectivity index (χ4n) is 2.60. The number of rotatable bonds is 1. The van der Waals surface area contributed by atoms with E-state index in [-0.39, 0.29) is 5.43 Å². The summed E-state index contributed by atoms with van der Waals surface area (Å²) < 4.78 is 1.98. The van der Waals surface area contributed by atoms with Crippen LogP contribution < -0.4 is 5.43 Å². The molecule has 4 nitrogen and oxygen atoms in total. The molecule has 0 saturated carbocycles. The molecule has 0 aliphatic rings. The number of benzene rings is 1. The topological polar surface area (TPSA) is 50.7 Å². The van der Waals surface area contributed by atoms with Crippen molar-refractivity contribution in [2.45, 2.75) is 0 Å². The largest absolute Gasteiger partial charge is 0.347 e. The highest BCUT2D eigenvalue weighted by atomic mass is 16.1. The third-order valence-corrected chi connectivity index (χ3v) is 3.43. The van der Waals surface area contributed by atoms with Gasteiger partial charge in [-0.05, 0) is 18.2 Å². The van der Waals surface area contributed by atoms with Gasteiger partial charge in [0.1, 0.15) is 11.5 Å². The number of aromatic nitrogens is 3. The van der Waals surface area contributed by atoms with E-state index in [4.69, 9.17) is 0 Å². The lowest BCUT2D eigenvalue weighted by molar-refractivity contribution is 1.05. The van der Waals surface area contributed by atoms with Crippen molar-refractivity contribution < 1.29 is 0 Å². The maximum Gasteiger partial charge on any atom is 0.183 e. The number of hydrogen-bond acceptors (Lipinski definition) is 2. The van der Waals surface area contributed by atoms with E-state index < -0.39 is 0 Å². The first-order chi connectivity index (χ1) is 9.84. The number of nitrogens with zero attached hydrogens (tertiary/aromatic N) is 2. The van der Waals surface area contributed by atoms with Crippen LogP contribution in [0.2, 0.25) is 0 Å². The van der Waals surface area contributed by atoms with E-state index in [0.717, 1.165) is 27.8 Å². The molecule has 0 bridgehead atoms. The molecule has 0 amide bonds. The van der Waals surface area contributed by atoms with Gasteiger partial charge in [-0.3, -0.25) is 9.36 Å². The second kappa shape index (κ2) is 4.06. The van der Waals surface area contributed by atoms with Gasteiger partial charge in [-0.1, -0.05) is 18.2 Å². The molecule has 1 aromatic carbocycles. The Labute approximate surface area is 114 Å². The van der Waals surface area contributed by atoms with Gasteiger partial charge < -0.3 is 4.98 Å². The molecule has 20 heavy (non-hydrogen) atoms. The highest BCUT2D eigenvalue weighted by molar-refractivity contribution is 6.07. The minimum absolute atomic E-state index is 0.0272. The van der Waals surface area contributed by atoms with E-state index in [2.05, 4.69) is 16.0 Å². The number of nitrogens with one attached hydrogen (secondary N) is 1. The van der Waals surface area contributed by atoms with Crippen LogP contribution in [0.15, 0.2) is 65.7 Å². The number of fused-ring (bicyclic) bond motifs is 3. The molecule has 0 radical (unpaired) electrons. The first kappa shape index (κ1) is 11.0. The van der Waals surface area contributed by atoms with Crippen LogP contribution in [0.25, 0.3) is 27.8 Å². The van der Waals surface area contributed by atoms with Crippen molar-refractivity contribution in [1.82, 2.24) is 14.5 Å². The molecule has 4 aromatic rings. The van der Waals surface area contributed by atoms with E-state index in [0.29, 0.717) is 0 Å². The van der Waals surface area contributed by atoms with Crippen LogP contribution in [-0.4, -0.2) is 14.5 Å². The SMILES string of the molecule is O=c1cc[nH]c(-n2c3ccccc3c3cccnc32)c1. The molecule has 0 fully saturated rings. The summed E-state index contributed by atoms with van der Waals surface area (Å²) in [6.45, 7) is 0. The summed E-state index contributed by atoms with van der Waals surface area (Å²) in [4.78, 5) is 19.2. The van der Waals surface area contributed by atoms with Crippen molar-refractivity contribution in [2.24, 2.45) is 0 Å². The molecule has 0 aliphatic carbocycles. The Morgan fingerprint density at radius 2 is 1.85 bits per heavy atom. The van der Waals surface area contributed by atoms with Gasteiger partial charge >= 0.3 is 0 Å². The van der Waals surface area contributed by atoms with Crippen LogP contribution in [0.3, 0.4) is 0 Å². The van der Waals surface area contributed by atoms with Crippen molar-refractivity contribution in [3.8, 4) is 5.82 Å². The fourth-order valence-corrected chi connectivity index (χ4v) is 2.60. The Morgan fingerprint density at radius 1 is 1.00 bits per heavy atom. The average Bonchev–Trinajstić information content (AvgIpc) is 2.82. The zero-order chi connectivity index (χ0) is 13.5. The summed E-state index contributed by atoms with van der Waals surface area (Å²) in [6.07, 6.45) is 3.42. The van der Waals surface area contributed by atoms with Crippen LogP contribution in [0.1, 0.15) is 0 Å². The van der Waals surface area contributed by atoms with E-state index in [1.807, 2.05) is 34.9 Å². The fraction of sp³-hybridized carbons (Fsp3) is 0. The Kier molecular flexibility index (Phi) is 2.23. The first-order valence-corrected chi connectivity index (χ1v) is 6.38. The Morgan fingerprint density at radius 3 is 2.75 bits per heavy atom. The van der Waals surface area contributed by atoms with E-state index in [9.17, 15) is 4.79 Å². The molecule has 1 N–H and O–H groups in total. The number of H-pyrrole nitrogens is 1. The molecule has 4 rings (SSSR count). The van der Waals surface area contributed by atoms with Gasteiger partial charge in [-0.15, -0.1) is 0 Å². The second-order valence-electron chi connectivity index (χ2n) is 4.64. The molecule has 0 spiro atoms. The highest BCUT2D eigenvalue weighted by Crippen LogP contribution is 2.29. The third kappa shape index (κ3) is 1.48. The number of pyridine rings is 2. The molecule has 0 unspecified atom stereocenters. The Balaban J connectivity index is 2.23. The standard InChI is InChI=1S/C16H11N3O/c20-11-7-9-17-15(10-11)19-14-6-2-1-4-12(14)13-5-3-8-18-16(13)19/h1-10H,(H,17,20). The molecule has 3 aromatic heterocycles. The summed E-state index contributed by atoms with van der Waals surface area (Å²) >= 11 is 0. The summed E-state index contributed by atoms with van der Waals surface area (Å²) in [5.41, 5.74) is 1.85. The van der Waals surface area contributed by atoms with Gasteiger partial charge in [0, 0.05) is 35.3 Å². The van der Waals surface area contributed by atoms with Crippen LogP contribution in [0.5, 0.6) is 0 Å². The lowest BCUT2D eigenvalue weighted by atomic mass is 10.2. The minimum atomic E-state index is -0.0272. The van der Waals surface area contributed by atoms with Crippen molar-refractivity contribution in [1.29, 1.82) is 0 Å². The zero-order valence-corrected chi connectivity index (χ0v) is 10.6. The first-order valence-electron chi connectivity index (χ1n) is 6.38. The van der Waals surface area contributed by atoms with E-state index >= 15 is 0 Å². The Hall–Kier alpha value is -2.88. The maximum absolute atomic E-state index is 11.6. The molecule has 4 heteroatoms. The van der Waals surface area contributed by atoms with Crippen molar-refractivity contribution in [2.75, 3.05) is 0 Å². The van der Waals surface area contributed by atoms with Crippen LogP contribution in [0, 0.1) is 0 Å². The Bertz CT molecular complexity index is 928. The van der Waals surface area contributed by atoms with Crippen molar-refractivity contribution in [3.05, 3.63) is 71.1 Å². The molecule has 96 valence electrons. The van der Waals surface area contributed by atoms with E-state index in [1.165, 1.54) is 6.07 Å². The quantitative estimate of drug-likeness (QED) is 0.572. The predicted octanol–water partition coefficient (Wildman–Crippen LogP) is 2.87. The van der Waals surface area contributed by atoms with E-state index in [1.54, 1.807) is 18.5 Å². The molecule has 3 heterocycles. The van der Waals surface area contributed by atoms with Crippen molar-refractivity contribution >= 4 is 21.9 Å². The lowest BCUT2D eigenvalue weighted by Crippen LogP contribution is -2.04. The third-order valence-electron chi connectivity index (χ3n) is 3.43. The predicted molar refractivity (Wildman–Crippen MR) is 79.2 cm³/mol. The van der Waals surface area contributed by atoms with Gasteiger partial charge in [0.25, 0.3) is 0 Å². The normalized spacial score (nSPS) is 11.2. The van der Waals surface area contributed by atoms with Crippen LogP contribution in [0.4, 0.5) is 0 Å². The number of hydrogen-bond donors (Lipinski definition) is 1. The molecule has 0 atom stereocenters. The second-order valence-corrected chi connectivity index (χ2v) is 4.64. The zero-order valence-electron chi connectivity index (χ0n) is 10.6.